The Hall–Kier alpha value is -4.29. The van der Waals surface area contributed by atoms with Crippen molar-refractivity contribution in [3.63, 3.8) is 0 Å². The lowest BCUT2D eigenvalue weighted by atomic mass is 9.93. The van der Waals surface area contributed by atoms with Gasteiger partial charge >= 0.3 is 0 Å². The standard InChI is InChI=1S/C42H45N3O2/c1-3-36-38(26-35(46)29-43(27-30-13-7-5-8-14-30)28-31-15-9-6-10-16-31)42(47)45(39(36)4-2)34-21-23-44(24-22-34)40-25-33-19-11-17-32-18-12-20-37(40)41(32)33/h3-20,34-35,38,40,46H,1-2,21-29H2. The number of nitrogens with zero attached hydrogens (tertiary/aromatic N) is 3. The molecule has 1 N–H and O–H groups in total. The van der Waals surface area contributed by atoms with E-state index in [0.717, 1.165) is 56.7 Å². The van der Waals surface area contributed by atoms with E-state index in [9.17, 15) is 9.90 Å². The van der Waals surface area contributed by atoms with E-state index in [-0.39, 0.29) is 11.9 Å². The van der Waals surface area contributed by atoms with Crippen LogP contribution in [0.4, 0.5) is 0 Å². The van der Waals surface area contributed by atoms with Crippen molar-refractivity contribution in [3.8, 4) is 0 Å². The summed E-state index contributed by atoms with van der Waals surface area (Å²) in [4.78, 5) is 21.1. The van der Waals surface area contributed by atoms with Crippen molar-refractivity contribution >= 4 is 16.7 Å². The minimum atomic E-state index is -0.675. The van der Waals surface area contributed by atoms with E-state index in [2.05, 4.69) is 83.6 Å². The van der Waals surface area contributed by atoms with Gasteiger partial charge in [0.05, 0.1) is 12.0 Å². The summed E-state index contributed by atoms with van der Waals surface area (Å²) in [6, 6.07) is 34.6. The highest BCUT2D eigenvalue weighted by molar-refractivity contribution is 5.91. The topological polar surface area (TPSA) is 47.0 Å². The van der Waals surface area contributed by atoms with Crippen molar-refractivity contribution in [1.82, 2.24) is 14.7 Å². The van der Waals surface area contributed by atoms with Gasteiger partial charge in [-0.15, -0.1) is 0 Å². The van der Waals surface area contributed by atoms with E-state index in [1.165, 1.54) is 33.0 Å². The number of piperidine rings is 1. The monoisotopic (exact) mass is 623 g/mol. The zero-order valence-electron chi connectivity index (χ0n) is 27.2. The molecule has 0 spiro atoms. The number of aliphatic hydroxyl groups excluding tert-OH is 1. The van der Waals surface area contributed by atoms with Crippen LogP contribution in [0.1, 0.15) is 47.6 Å². The predicted molar refractivity (Wildman–Crippen MR) is 190 cm³/mol. The molecule has 7 rings (SSSR count). The van der Waals surface area contributed by atoms with E-state index < -0.39 is 12.0 Å². The minimum Gasteiger partial charge on any atom is -0.392 e. The fraction of sp³-hybridized carbons (Fsp3) is 0.310. The highest BCUT2D eigenvalue weighted by atomic mass is 16.3. The van der Waals surface area contributed by atoms with Gasteiger partial charge in [-0.1, -0.05) is 116 Å². The van der Waals surface area contributed by atoms with Crippen LogP contribution in [0.5, 0.6) is 0 Å². The molecule has 2 heterocycles. The normalized spacial score (nSPS) is 20.8. The molecular weight excluding hydrogens is 578 g/mol. The van der Waals surface area contributed by atoms with Gasteiger partial charge in [-0.25, -0.2) is 0 Å². The Balaban J connectivity index is 1.03. The third-order valence-corrected chi connectivity index (χ3v) is 10.5. The number of rotatable bonds is 12. The molecule has 3 aliphatic rings. The maximum absolute atomic E-state index is 14.2. The predicted octanol–water partition coefficient (Wildman–Crippen LogP) is 7.44. The van der Waals surface area contributed by atoms with E-state index in [1.807, 2.05) is 53.5 Å². The summed E-state index contributed by atoms with van der Waals surface area (Å²) in [5.74, 6) is -0.353. The van der Waals surface area contributed by atoms with Crippen LogP contribution in [0, 0.1) is 5.92 Å². The van der Waals surface area contributed by atoms with Crippen LogP contribution in [0.15, 0.2) is 134 Å². The van der Waals surface area contributed by atoms with Crippen LogP contribution < -0.4 is 0 Å². The summed E-state index contributed by atoms with van der Waals surface area (Å²) in [6.45, 7) is 12.0. The van der Waals surface area contributed by atoms with Crippen LogP contribution in [-0.4, -0.2) is 57.5 Å². The van der Waals surface area contributed by atoms with Gasteiger partial charge in [0, 0.05) is 50.5 Å². The highest BCUT2D eigenvalue weighted by Crippen LogP contribution is 2.43. The van der Waals surface area contributed by atoms with Gasteiger partial charge in [-0.2, -0.15) is 0 Å². The average molecular weight is 624 g/mol. The summed E-state index contributed by atoms with van der Waals surface area (Å²) < 4.78 is 0. The van der Waals surface area contributed by atoms with Crippen LogP contribution in [-0.2, 0) is 24.3 Å². The Bertz CT molecular complexity index is 1730. The van der Waals surface area contributed by atoms with Crippen molar-refractivity contribution in [2.75, 3.05) is 19.6 Å². The molecule has 5 nitrogen and oxygen atoms in total. The molecular formula is C42H45N3O2. The minimum absolute atomic E-state index is 0.0722. The van der Waals surface area contributed by atoms with E-state index in [0.29, 0.717) is 19.0 Å². The number of likely N-dealkylation sites (tertiary alicyclic amines) is 1. The lowest BCUT2D eigenvalue weighted by molar-refractivity contribution is -0.134. The first-order chi connectivity index (χ1) is 23.0. The Kier molecular flexibility index (Phi) is 9.21. The van der Waals surface area contributed by atoms with Crippen molar-refractivity contribution < 1.29 is 9.90 Å². The number of hydrogen-bond donors (Lipinski definition) is 1. The average Bonchev–Trinajstić information content (AvgIpc) is 3.61. The molecule has 0 bridgehead atoms. The second-order valence-electron chi connectivity index (χ2n) is 13.4. The first-order valence-electron chi connectivity index (χ1n) is 17.1. The van der Waals surface area contributed by atoms with Gasteiger partial charge in [0.25, 0.3) is 0 Å². The molecule has 5 heteroatoms. The number of carbonyl (C=O) groups excluding carboxylic acids is 1. The second-order valence-corrected chi connectivity index (χ2v) is 13.4. The maximum atomic E-state index is 14.2. The lowest BCUT2D eigenvalue weighted by Gasteiger charge is -2.40. The van der Waals surface area contributed by atoms with Crippen molar-refractivity contribution in [2.45, 2.75) is 57.0 Å². The molecule has 4 aromatic rings. The molecule has 0 radical (unpaired) electrons. The summed E-state index contributed by atoms with van der Waals surface area (Å²) in [7, 11) is 0. The number of amides is 1. The van der Waals surface area contributed by atoms with Crippen molar-refractivity contribution in [1.29, 1.82) is 0 Å². The van der Waals surface area contributed by atoms with Gasteiger partial charge < -0.3 is 10.0 Å². The molecule has 4 aromatic carbocycles. The Morgan fingerprint density at radius 1 is 0.830 bits per heavy atom. The van der Waals surface area contributed by atoms with E-state index in [4.69, 9.17) is 0 Å². The third kappa shape index (κ3) is 6.36. The third-order valence-electron chi connectivity index (χ3n) is 10.5. The fourth-order valence-corrected chi connectivity index (χ4v) is 8.31. The molecule has 3 atom stereocenters. The van der Waals surface area contributed by atoms with Crippen LogP contribution in [0.25, 0.3) is 10.8 Å². The molecule has 1 fully saturated rings. The maximum Gasteiger partial charge on any atom is 0.234 e. The summed E-state index contributed by atoms with van der Waals surface area (Å²) in [5, 5.41) is 14.3. The number of carbonyl (C=O) groups is 1. The van der Waals surface area contributed by atoms with Gasteiger partial charge in [0.1, 0.15) is 0 Å². The summed E-state index contributed by atoms with van der Waals surface area (Å²) in [5.41, 5.74) is 7.04. The summed E-state index contributed by atoms with van der Waals surface area (Å²) >= 11 is 0. The zero-order chi connectivity index (χ0) is 32.3. The van der Waals surface area contributed by atoms with Crippen LogP contribution in [0.2, 0.25) is 0 Å². The number of benzene rings is 4. The second kappa shape index (κ2) is 13.8. The highest BCUT2D eigenvalue weighted by Gasteiger charge is 2.43. The molecule has 2 aliphatic heterocycles. The lowest BCUT2D eigenvalue weighted by Crippen LogP contribution is -2.47. The van der Waals surface area contributed by atoms with Crippen LogP contribution >= 0.6 is 0 Å². The van der Waals surface area contributed by atoms with Gasteiger partial charge in [0.2, 0.25) is 5.91 Å². The largest absolute Gasteiger partial charge is 0.392 e. The molecule has 1 amide bonds. The zero-order valence-corrected chi connectivity index (χ0v) is 27.2. The van der Waals surface area contributed by atoms with Gasteiger partial charge in [-0.3, -0.25) is 14.6 Å². The summed E-state index contributed by atoms with van der Waals surface area (Å²) in [6.07, 6.45) is 6.18. The van der Waals surface area contributed by atoms with Gasteiger partial charge in [-0.05, 0) is 70.4 Å². The molecule has 3 unspecified atom stereocenters. The van der Waals surface area contributed by atoms with E-state index in [1.54, 1.807) is 0 Å². The van der Waals surface area contributed by atoms with Crippen LogP contribution in [0.3, 0.4) is 0 Å². The number of aliphatic hydroxyl groups is 1. The molecule has 1 saturated heterocycles. The number of allylic oxidation sites excluding steroid dienone is 2. The smallest absolute Gasteiger partial charge is 0.234 e. The number of hydrogen-bond acceptors (Lipinski definition) is 4. The van der Waals surface area contributed by atoms with Crippen molar-refractivity contribution in [2.24, 2.45) is 5.92 Å². The SMILES string of the molecule is C=CC1=C(C=C)N(C2CCN(C3Cc4cccc5cccc3c45)CC2)C(=O)C1CC(O)CN(Cc1ccccc1)Cc1ccccc1. The Morgan fingerprint density at radius 3 is 2.09 bits per heavy atom. The molecule has 0 saturated carbocycles. The molecule has 47 heavy (non-hydrogen) atoms. The Morgan fingerprint density at radius 2 is 1.47 bits per heavy atom. The van der Waals surface area contributed by atoms with E-state index >= 15 is 0 Å². The first kappa shape index (κ1) is 31.3. The quantitative estimate of drug-likeness (QED) is 0.178. The molecule has 240 valence electrons. The fourth-order valence-electron chi connectivity index (χ4n) is 8.31. The van der Waals surface area contributed by atoms with Gasteiger partial charge in [0.15, 0.2) is 0 Å². The first-order valence-corrected chi connectivity index (χ1v) is 17.1. The van der Waals surface area contributed by atoms with Crippen molar-refractivity contribution in [3.05, 3.63) is 156 Å². The molecule has 1 aliphatic carbocycles. The molecule has 0 aromatic heterocycles. The Labute approximate surface area is 279 Å².